The van der Waals surface area contributed by atoms with E-state index in [0.29, 0.717) is 12.6 Å². The molecule has 1 fully saturated rings. The Balaban J connectivity index is 1.70. The minimum Gasteiger partial charge on any atom is -0.489 e. The molecule has 1 saturated heterocycles. The fourth-order valence-corrected chi connectivity index (χ4v) is 3.60. The van der Waals surface area contributed by atoms with Gasteiger partial charge in [0.15, 0.2) is 0 Å². The van der Waals surface area contributed by atoms with Gasteiger partial charge in [-0.05, 0) is 74.6 Å². The van der Waals surface area contributed by atoms with Crippen molar-refractivity contribution < 1.29 is 4.74 Å². The molecule has 1 heterocycles. The second kappa shape index (κ2) is 8.32. The highest BCUT2D eigenvalue weighted by molar-refractivity contribution is 5.37. The van der Waals surface area contributed by atoms with Gasteiger partial charge in [-0.3, -0.25) is 4.90 Å². The maximum Gasteiger partial charge on any atom is 0.120 e. The van der Waals surface area contributed by atoms with Crippen LogP contribution in [0.15, 0.2) is 48.5 Å². The number of likely N-dealkylation sites (tertiary alicyclic amines) is 1. The molecule has 3 nitrogen and oxygen atoms in total. The zero-order chi connectivity index (χ0) is 16.8. The van der Waals surface area contributed by atoms with Crippen molar-refractivity contribution >= 4 is 0 Å². The van der Waals surface area contributed by atoms with Crippen LogP contribution in [-0.4, -0.2) is 24.5 Å². The van der Waals surface area contributed by atoms with Crippen LogP contribution < -0.4 is 10.5 Å². The van der Waals surface area contributed by atoms with Crippen LogP contribution in [0.1, 0.15) is 42.0 Å². The quantitative estimate of drug-likeness (QED) is 0.835. The first-order valence-corrected chi connectivity index (χ1v) is 8.99. The minimum atomic E-state index is 0.445. The molecule has 0 aliphatic carbocycles. The van der Waals surface area contributed by atoms with Crippen LogP contribution in [0.25, 0.3) is 0 Å². The van der Waals surface area contributed by atoms with E-state index in [1.165, 1.54) is 42.6 Å². The predicted molar refractivity (Wildman–Crippen MR) is 99.2 cm³/mol. The topological polar surface area (TPSA) is 38.5 Å². The highest BCUT2D eigenvalue weighted by Crippen LogP contribution is 2.31. The zero-order valence-corrected chi connectivity index (χ0v) is 14.6. The van der Waals surface area contributed by atoms with E-state index in [4.69, 9.17) is 10.5 Å². The van der Waals surface area contributed by atoms with Gasteiger partial charge in [-0.25, -0.2) is 0 Å². The monoisotopic (exact) mass is 324 g/mol. The number of benzene rings is 2. The van der Waals surface area contributed by atoms with Crippen molar-refractivity contribution in [1.82, 2.24) is 4.90 Å². The first-order chi connectivity index (χ1) is 11.8. The van der Waals surface area contributed by atoms with Crippen molar-refractivity contribution in [2.75, 3.05) is 19.6 Å². The van der Waals surface area contributed by atoms with Crippen LogP contribution in [0.4, 0.5) is 0 Å². The van der Waals surface area contributed by atoms with Crippen molar-refractivity contribution in [3.63, 3.8) is 0 Å². The molecule has 2 N–H and O–H groups in total. The van der Waals surface area contributed by atoms with Gasteiger partial charge in [-0.1, -0.05) is 36.4 Å². The largest absolute Gasteiger partial charge is 0.489 e. The molecule has 0 spiro atoms. The lowest BCUT2D eigenvalue weighted by atomic mass is 9.97. The average molecular weight is 324 g/mol. The minimum absolute atomic E-state index is 0.445. The molecule has 24 heavy (non-hydrogen) atoms. The first kappa shape index (κ1) is 17.0. The Morgan fingerprint density at radius 3 is 2.50 bits per heavy atom. The molecule has 0 radical (unpaired) electrons. The Labute approximate surface area is 145 Å². The summed E-state index contributed by atoms with van der Waals surface area (Å²) in [4.78, 5) is 2.58. The molecule has 1 aliphatic heterocycles. The van der Waals surface area contributed by atoms with Gasteiger partial charge in [-0.15, -0.1) is 0 Å². The van der Waals surface area contributed by atoms with Gasteiger partial charge in [0.25, 0.3) is 0 Å². The molecule has 1 aliphatic rings. The molecule has 0 amide bonds. The van der Waals surface area contributed by atoms with Crippen molar-refractivity contribution in [2.45, 2.75) is 38.8 Å². The van der Waals surface area contributed by atoms with E-state index in [1.807, 2.05) is 18.2 Å². The molecular formula is C21H28N2O. The fraction of sp³-hybridized carbons (Fsp3) is 0.429. The summed E-state index contributed by atoms with van der Waals surface area (Å²) in [7, 11) is 0. The lowest BCUT2D eigenvalue weighted by Crippen LogP contribution is -2.28. The van der Waals surface area contributed by atoms with Gasteiger partial charge in [0.2, 0.25) is 0 Å². The van der Waals surface area contributed by atoms with Gasteiger partial charge < -0.3 is 10.5 Å². The van der Waals surface area contributed by atoms with E-state index < -0.39 is 0 Å². The number of ether oxygens (including phenoxy) is 1. The number of nitrogens with two attached hydrogens (primary N) is 1. The molecule has 3 heteroatoms. The Morgan fingerprint density at radius 2 is 1.83 bits per heavy atom. The van der Waals surface area contributed by atoms with E-state index in [9.17, 15) is 0 Å². The van der Waals surface area contributed by atoms with Crippen LogP contribution in [0.3, 0.4) is 0 Å². The van der Waals surface area contributed by atoms with Crippen molar-refractivity contribution in [1.29, 1.82) is 0 Å². The van der Waals surface area contributed by atoms with Crippen LogP contribution in [0.2, 0.25) is 0 Å². The van der Waals surface area contributed by atoms with Gasteiger partial charge in [0, 0.05) is 6.04 Å². The number of hydrogen-bond donors (Lipinski definition) is 1. The van der Waals surface area contributed by atoms with Crippen LogP contribution in [0, 0.1) is 6.92 Å². The molecule has 0 aromatic heterocycles. The average Bonchev–Trinajstić information content (AvgIpc) is 3.14. The molecule has 1 unspecified atom stereocenters. The Morgan fingerprint density at radius 1 is 1.08 bits per heavy atom. The van der Waals surface area contributed by atoms with E-state index in [-0.39, 0.29) is 0 Å². The smallest absolute Gasteiger partial charge is 0.120 e. The summed E-state index contributed by atoms with van der Waals surface area (Å²) in [6, 6.07) is 17.2. The Hall–Kier alpha value is -1.84. The van der Waals surface area contributed by atoms with Crippen LogP contribution >= 0.6 is 0 Å². The number of rotatable bonds is 7. The number of hydrogen-bond acceptors (Lipinski definition) is 3. The maximum atomic E-state index is 5.95. The molecule has 2 aromatic rings. The Kier molecular flexibility index (Phi) is 5.89. The van der Waals surface area contributed by atoms with Gasteiger partial charge in [-0.2, -0.15) is 0 Å². The van der Waals surface area contributed by atoms with Crippen LogP contribution in [0.5, 0.6) is 5.75 Å². The summed E-state index contributed by atoms with van der Waals surface area (Å²) in [6.45, 7) is 5.90. The van der Waals surface area contributed by atoms with Crippen molar-refractivity contribution in [3.8, 4) is 5.75 Å². The van der Waals surface area contributed by atoms with Gasteiger partial charge in [0.05, 0.1) is 0 Å². The van der Waals surface area contributed by atoms with Gasteiger partial charge in [0.1, 0.15) is 12.4 Å². The third-order valence-corrected chi connectivity index (χ3v) is 4.87. The summed E-state index contributed by atoms with van der Waals surface area (Å²) in [6.07, 6.45) is 3.63. The summed E-state index contributed by atoms with van der Waals surface area (Å²) in [5, 5.41) is 0. The second-order valence-corrected chi connectivity index (χ2v) is 6.63. The summed E-state index contributed by atoms with van der Waals surface area (Å²) < 4.78 is 5.95. The summed E-state index contributed by atoms with van der Waals surface area (Å²) in [5.41, 5.74) is 9.76. The first-order valence-electron chi connectivity index (χ1n) is 8.99. The van der Waals surface area contributed by atoms with Crippen LogP contribution in [-0.2, 0) is 6.61 Å². The van der Waals surface area contributed by atoms with E-state index in [2.05, 4.69) is 42.2 Å². The van der Waals surface area contributed by atoms with E-state index in [0.717, 1.165) is 18.7 Å². The van der Waals surface area contributed by atoms with Gasteiger partial charge >= 0.3 is 0 Å². The normalized spacial score (nSPS) is 16.2. The molecule has 0 saturated carbocycles. The van der Waals surface area contributed by atoms with E-state index >= 15 is 0 Å². The molecule has 0 bridgehead atoms. The molecular weight excluding hydrogens is 296 g/mol. The molecule has 3 rings (SSSR count). The third-order valence-electron chi connectivity index (χ3n) is 4.87. The third kappa shape index (κ3) is 4.16. The van der Waals surface area contributed by atoms with Crippen molar-refractivity contribution in [2.24, 2.45) is 5.73 Å². The molecule has 128 valence electrons. The highest BCUT2D eigenvalue weighted by Gasteiger charge is 2.24. The Bertz CT molecular complexity index is 636. The summed E-state index contributed by atoms with van der Waals surface area (Å²) in [5.74, 6) is 0.938. The SMILES string of the molecule is Cc1cc(OCc2ccccc2)ccc1C(CCN)N1CCCC1. The number of aryl methyl sites for hydroxylation is 1. The lowest BCUT2D eigenvalue weighted by Gasteiger charge is -2.29. The summed E-state index contributed by atoms with van der Waals surface area (Å²) >= 11 is 0. The standard InChI is InChI=1S/C21H28N2O/c1-17-15-19(24-16-18-7-3-2-4-8-18)9-10-20(17)21(11-12-22)23-13-5-6-14-23/h2-4,7-10,15,21H,5-6,11-14,16,22H2,1H3. The zero-order valence-electron chi connectivity index (χ0n) is 14.6. The van der Waals surface area contributed by atoms with E-state index in [1.54, 1.807) is 0 Å². The molecule has 2 aromatic carbocycles. The fourth-order valence-electron chi connectivity index (χ4n) is 3.60. The lowest BCUT2D eigenvalue weighted by molar-refractivity contribution is 0.235. The maximum absolute atomic E-state index is 5.95. The van der Waals surface area contributed by atoms with Crippen molar-refractivity contribution in [3.05, 3.63) is 65.2 Å². The highest BCUT2D eigenvalue weighted by atomic mass is 16.5. The number of nitrogens with zero attached hydrogens (tertiary/aromatic N) is 1. The second-order valence-electron chi connectivity index (χ2n) is 6.63. The predicted octanol–water partition coefficient (Wildman–Crippen LogP) is 4.06. The molecule has 1 atom stereocenters.